The molecule has 0 aliphatic heterocycles. The predicted molar refractivity (Wildman–Crippen MR) is 59.7 cm³/mol. The topological polar surface area (TPSA) is 79.3 Å². The molecule has 1 aromatic heterocycles. The Hall–Kier alpha value is -1.66. The number of phenols is 1. The maximum atomic E-state index is 11.6. The van der Waals surface area contributed by atoms with Crippen molar-refractivity contribution in [2.24, 2.45) is 0 Å². The fourth-order valence-electron chi connectivity index (χ4n) is 1.41. The molecular formula is C10H10N2O3S. The average molecular weight is 238 g/mol. The Balaban J connectivity index is 2.78. The third-order valence-electron chi connectivity index (χ3n) is 2.24. The Bertz CT molecular complexity index is 638. The van der Waals surface area contributed by atoms with Crippen LogP contribution in [0.5, 0.6) is 5.75 Å². The van der Waals surface area contributed by atoms with Gasteiger partial charge in [0.1, 0.15) is 10.6 Å². The predicted octanol–water partition coefficient (Wildman–Crippen LogP) is 0.848. The molecule has 5 nitrogen and oxygen atoms in total. The first kappa shape index (κ1) is 10.8. The van der Waals surface area contributed by atoms with Gasteiger partial charge in [-0.3, -0.25) is 4.98 Å². The van der Waals surface area contributed by atoms with Crippen molar-refractivity contribution in [1.29, 1.82) is 0 Å². The zero-order chi connectivity index (χ0) is 11.8. The largest absolute Gasteiger partial charge is 0.506 e. The van der Waals surface area contributed by atoms with Crippen LogP contribution in [0.15, 0.2) is 35.4 Å². The van der Waals surface area contributed by atoms with Gasteiger partial charge in [0.2, 0.25) is 10.0 Å². The van der Waals surface area contributed by atoms with Gasteiger partial charge >= 0.3 is 0 Å². The summed E-state index contributed by atoms with van der Waals surface area (Å²) < 4.78 is 25.3. The second-order valence-corrected chi connectivity index (χ2v) is 5.08. The van der Waals surface area contributed by atoms with Gasteiger partial charge in [0, 0.05) is 17.6 Å². The van der Waals surface area contributed by atoms with Gasteiger partial charge in [-0.2, -0.15) is 0 Å². The number of aromatic hydroxyl groups is 1. The molecule has 0 unspecified atom stereocenters. The zero-order valence-electron chi connectivity index (χ0n) is 8.51. The van der Waals surface area contributed by atoms with E-state index in [-0.39, 0.29) is 10.6 Å². The van der Waals surface area contributed by atoms with Gasteiger partial charge in [-0.05, 0) is 19.2 Å². The number of pyridine rings is 1. The normalized spacial score (nSPS) is 11.8. The average Bonchev–Trinajstić information content (AvgIpc) is 2.28. The van der Waals surface area contributed by atoms with Crippen LogP contribution in [0.1, 0.15) is 0 Å². The lowest BCUT2D eigenvalue weighted by Gasteiger charge is -2.06. The summed E-state index contributed by atoms with van der Waals surface area (Å²) in [5.74, 6) is -0.305. The van der Waals surface area contributed by atoms with Gasteiger partial charge in [0.25, 0.3) is 0 Å². The molecule has 2 N–H and O–H groups in total. The molecule has 0 saturated heterocycles. The SMILES string of the molecule is CNS(=O)(=O)c1cc2cccnc2cc1O. The van der Waals surface area contributed by atoms with Crippen molar-refractivity contribution < 1.29 is 13.5 Å². The maximum absolute atomic E-state index is 11.6. The van der Waals surface area contributed by atoms with Crippen LogP contribution in [0.3, 0.4) is 0 Å². The highest BCUT2D eigenvalue weighted by Gasteiger charge is 2.17. The quantitative estimate of drug-likeness (QED) is 0.812. The molecular weight excluding hydrogens is 228 g/mol. The van der Waals surface area contributed by atoms with Crippen LogP contribution in [0.25, 0.3) is 10.9 Å². The van der Waals surface area contributed by atoms with Crippen molar-refractivity contribution in [2.45, 2.75) is 4.90 Å². The van der Waals surface area contributed by atoms with Gasteiger partial charge < -0.3 is 5.11 Å². The first-order chi connectivity index (χ1) is 7.54. The van der Waals surface area contributed by atoms with Crippen LogP contribution < -0.4 is 4.72 Å². The lowest BCUT2D eigenvalue weighted by Crippen LogP contribution is -2.18. The molecule has 84 valence electrons. The lowest BCUT2D eigenvalue weighted by molar-refractivity contribution is 0.459. The van der Waals surface area contributed by atoms with Crippen LogP contribution in [-0.2, 0) is 10.0 Å². The Morgan fingerprint density at radius 2 is 2.12 bits per heavy atom. The van der Waals surface area contributed by atoms with E-state index in [1.807, 2.05) is 0 Å². The monoisotopic (exact) mass is 238 g/mol. The second-order valence-electron chi connectivity index (χ2n) is 3.22. The number of benzene rings is 1. The fourth-order valence-corrected chi connectivity index (χ4v) is 2.25. The second kappa shape index (κ2) is 3.73. The van der Waals surface area contributed by atoms with Gasteiger partial charge in [-0.25, -0.2) is 13.1 Å². The number of aromatic nitrogens is 1. The molecule has 0 amide bonds. The molecule has 0 radical (unpaired) electrons. The Labute approximate surface area is 92.8 Å². The van der Waals surface area contributed by atoms with Crippen LogP contribution >= 0.6 is 0 Å². The number of sulfonamides is 1. The molecule has 0 bridgehead atoms. The van der Waals surface area contributed by atoms with Crippen molar-refractivity contribution in [3.63, 3.8) is 0 Å². The highest BCUT2D eigenvalue weighted by atomic mass is 32.2. The summed E-state index contributed by atoms with van der Waals surface area (Å²) in [6.07, 6.45) is 1.58. The maximum Gasteiger partial charge on any atom is 0.244 e. The molecule has 1 heterocycles. The summed E-state index contributed by atoms with van der Waals surface area (Å²) in [6, 6.07) is 6.16. The fraction of sp³-hybridized carbons (Fsp3) is 0.100. The van der Waals surface area contributed by atoms with Crippen molar-refractivity contribution in [3.8, 4) is 5.75 Å². The van der Waals surface area contributed by atoms with Crippen molar-refractivity contribution in [1.82, 2.24) is 9.71 Å². The summed E-state index contributed by atoms with van der Waals surface area (Å²) in [6.45, 7) is 0. The summed E-state index contributed by atoms with van der Waals surface area (Å²) in [5, 5.41) is 10.3. The van der Waals surface area contributed by atoms with E-state index >= 15 is 0 Å². The van der Waals surface area contributed by atoms with E-state index in [1.165, 1.54) is 19.2 Å². The molecule has 1 aromatic carbocycles. The van der Waals surface area contributed by atoms with Crippen molar-refractivity contribution in [3.05, 3.63) is 30.5 Å². The molecule has 0 fully saturated rings. The standard InChI is InChI=1S/C10H10N2O3S/c1-11-16(14,15)10-5-7-3-2-4-12-8(7)6-9(10)13/h2-6,11,13H,1H3. The highest BCUT2D eigenvalue weighted by molar-refractivity contribution is 7.89. The lowest BCUT2D eigenvalue weighted by atomic mass is 10.2. The van der Waals surface area contributed by atoms with Crippen molar-refractivity contribution >= 4 is 20.9 Å². The molecule has 0 aliphatic carbocycles. The number of nitrogens with one attached hydrogen (secondary N) is 1. The van der Waals surface area contributed by atoms with Gasteiger partial charge in [-0.1, -0.05) is 6.07 Å². The van der Waals surface area contributed by atoms with E-state index in [2.05, 4.69) is 9.71 Å². The first-order valence-corrected chi connectivity index (χ1v) is 6.04. The molecule has 0 atom stereocenters. The molecule has 16 heavy (non-hydrogen) atoms. The van der Waals surface area contributed by atoms with E-state index in [4.69, 9.17) is 0 Å². The van der Waals surface area contributed by atoms with Gasteiger partial charge in [-0.15, -0.1) is 0 Å². The minimum atomic E-state index is -3.65. The third kappa shape index (κ3) is 1.72. The minimum Gasteiger partial charge on any atom is -0.506 e. The Morgan fingerprint density at radius 3 is 2.81 bits per heavy atom. The van der Waals surface area contributed by atoms with Crippen LogP contribution in [-0.4, -0.2) is 25.6 Å². The molecule has 2 aromatic rings. The number of phenolic OH excluding ortho intramolecular Hbond substituents is 1. The number of hydrogen-bond acceptors (Lipinski definition) is 4. The molecule has 6 heteroatoms. The summed E-state index contributed by atoms with van der Waals surface area (Å²) >= 11 is 0. The van der Waals surface area contributed by atoms with E-state index < -0.39 is 10.0 Å². The molecule has 2 rings (SSSR count). The molecule has 0 aliphatic rings. The highest BCUT2D eigenvalue weighted by Crippen LogP contribution is 2.27. The van der Waals surface area contributed by atoms with Gasteiger partial charge in [0.15, 0.2) is 0 Å². The number of hydrogen-bond donors (Lipinski definition) is 2. The van der Waals surface area contributed by atoms with Gasteiger partial charge in [0.05, 0.1) is 5.52 Å². The smallest absolute Gasteiger partial charge is 0.244 e. The first-order valence-electron chi connectivity index (χ1n) is 4.56. The Kier molecular flexibility index (Phi) is 2.53. The minimum absolute atomic E-state index is 0.143. The molecule has 0 spiro atoms. The summed E-state index contributed by atoms with van der Waals surface area (Å²) in [5.41, 5.74) is 0.551. The van der Waals surface area contributed by atoms with Crippen molar-refractivity contribution in [2.75, 3.05) is 7.05 Å². The van der Waals surface area contributed by atoms with E-state index in [1.54, 1.807) is 18.3 Å². The van der Waals surface area contributed by atoms with Crippen LogP contribution in [0.2, 0.25) is 0 Å². The van der Waals surface area contributed by atoms with Crippen LogP contribution in [0, 0.1) is 0 Å². The third-order valence-corrected chi connectivity index (χ3v) is 3.69. The number of nitrogens with zero attached hydrogens (tertiary/aromatic N) is 1. The Morgan fingerprint density at radius 1 is 1.38 bits per heavy atom. The van der Waals surface area contributed by atoms with E-state index in [9.17, 15) is 13.5 Å². The molecule has 0 saturated carbocycles. The zero-order valence-corrected chi connectivity index (χ0v) is 9.32. The van der Waals surface area contributed by atoms with Crippen LogP contribution in [0.4, 0.5) is 0 Å². The summed E-state index contributed by atoms with van der Waals surface area (Å²) in [4.78, 5) is 3.87. The number of fused-ring (bicyclic) bond motifs is 1. The number of rotatable bonds is 2. The van der Waals surface area contributed by atoms with E-state index in [0.717, 1.165) is 0 Å². The summed E-state index contributed by atoms with van der Waals surface area (Å²) in [7, 11) is -2.35. The van der Waals surface area contributed by atoms with E-state index in [0.29, 0.717) is 10.9 Å².